The van der Waals surface area contributed by atoms with E-state index in [0.29, 0.717) is 0 Å². The fourth-order valence-electron chi connectivity index (χ4n) is 0.0713. The minimum atomic E-state index is -0.115. The summed E-state index contributed by atoms with van der Waals surface area (Å²) >= 11 is 0. The molecular formula is C2H5O4. The van der Waals surface area contributed by atoms with Crippen molar-refractivity contribution in [3.63, 3.8) is 0 Å². The lowest BCUT2D eigenvalue weighted by Crippen LogP contribution is -1.96. The van der Waals surface area contributed by atoms with Crippen LogP contribution in [0, 0.1) is 0 Å². The van der Waals surface area contributed by atoms with E-state index >= 15 is 0 Å². The van der Waals surface area contributed by atoms with Gasteiger partial charge in [0.25, 0.3) is 0 Å². The largest absolute Gasteiger partial charge is 0.252 e. The molecule has 0 bridgehead atoms. The van der Waals surface area contributed by atoms with Gasteiger partial charge in [0, 0.05) is 0 Å². The van der Waals surface area contributed by atoms with Gasteiger partial charge in [0.15, 0.2) is 0 Å². The zero-order chi connectivity index (χ0) is 4.83. The number of hydrogen-bond acceptors (Lipinski definition) is 3. The molecule has 0 rings (SSSR count). The fourth-order valence-corrected chi connectivity index (χ4v) is 0.0713. The lowest BCUT2D eigenvalue weighted by Gasteiger charge is -1.85. The summed E-state index contributed by atoms with van der Waals surface area (Å²) in [5.41, 5.74) is 0. The van der Waals surface area contributed by atoms with Crippen LogP contribution in [0.5, 0.6) is 0 Å². The van der Waals surface area contributed by atoms with Gasteiger partial charge in [-0.25, -0.2) is 9.78 Å². The highest BCUT2D eigenvalue weighted by Crippen LogP contribution is 1.65. The van der Waals surface area contributed by atoms with E-state index in [2.05, 4.69) is 9.78 Å². The molecule has 6 heavy (non-hydrogen) atoms. The molecule has 0 aromatic carbocycles. The lowest BCUT2D eigenvalue weighted by atomic mass is 10.8. The molecule has 0 heterocycles. The molecule has 0 saturated carbocycles. The molecule has 0 spiro atoms. The molecule has 37 valence electrons. The molecular weight excluding hydrogens is 88.0 g/mol. The van der Waals surface area contributed by atoms with E-state index in [1.54, 1.807) is 0 Å². The molecule has 1 radical (unpaired) electrons. The molecule has 4 heteroatoms. The molecule has 0 aliphatic heterocycles. The van der Waals surface area contributed by atoms with Crippen LogP contribution >= 0.6 is 0 Å². The quantitative estimate of drug-likeness (QED) is 0.299. The van der Waals surface area contributed by atoms with Gasteiger partial charge in [0.2, 0.25) is 0 Å². The van der Waals surface area contributed by atoms with Crippen LogP contribution in [0.15, 0.2) is 0 Å². The Bertz CT molecular complexity index is 17.5. The molecule has 0 amide bonds. The Morgan fingerprint density at radius 3 is 2.33 bits per heavy atom. The van der Waals surface area contributed by atoms with Gasteiger partial charge in [-0.15, -0.1) is 0 Å². The first-order valence-corrected chi connectivity index (χ1v) is 1.43. The zero-order valence-electron chi connectivity index (χ0n) is 3.09. The molecule has 0 fully saturated rings. The predicted octanol–water partition coefficient (Wildman–Crippen LogP) is -0.162. The van der Waals surface area contributed by atoms with Crippen molar-refractivity contribution in [2.24, 2.45) is 0 Å². The van der Waals surface area contributed by atoms with Crippen molar-refractivity contribution in [3.05, 3.63) is 0 Å². The third-order valence-corrected chi connectivity index (χ3v) is 0.258. The van der Waals surface area contributed by atoms with Crippen LogP contribution in [-0.4, -0.2) is 18.5 Å². The molecule has 0 aliphatic rings. The summed E-state index contributed by atoms with van der Waals surface area (Å²) in [6.07, 6.45) is 0. The van der Waals surface area contributed by atoms with Crippen molar-refractivity contribution in [1.82, 2.24) is 0 Å². The summed E-state index contributed by atoms with van der Waals surface area (Å²) in [6, 6.07) is 0. The first kappa shape index (κ1) is 5.84. The zero-order valence-corrected chi connectivity index (χ0v) is 3.09. The second kappa shape index (κ2) is 4.84. The summed E-state index contributed by atoms with van der Waals surface area (Å²) in [5, 5.41) is 16.5. The van der Waals surface area contributed by atoms with E-state index in [9.17, 15) is 0 Å². The summed E-state index contributed by atoms with van der Waals surface area (Å²) in [4.78, 5) is 6.70. The van der Waals surface area contributed by atoms with Crippen LogP contribution in [0.3, 0.4) is 0 Å². The van der Waals surface area contributed by atoms with Crippen molar-refractivity contribution in [2.45, 2.75) is 0 Å². The van der Waals surface area contributed by atoms with Crippen LogP contribution in [-0.2, 0) is 15.0 Å². The van der Waals surface area contributed by atoms with Crippen LogP contribution < -0.4 is 0 Å². The third-order valence-electron chi connectivity index (χ3n) is 0.258. The topological polar surface area (TPSA) is 58.6 Å². The molecule has 0 aliphatic carbocycles. The number of hydrogen-bond donors (Lipinski definition) is 1. The van der Waals surface area contributed by atoms with Crippen LogP contribution in [0.4, 0.5) is 0 Å². The van der Waals surface area contributed by atoms with Gasteiger partial charge in [-0.3, -0.25) is 5.26 Å². The summed E-state index contributed by atoms with van der Waals surface area (Å²) in [6.45, 7) is -0.181. The molecule has 1 N–H and O–H groups in total. The molecule has 0 aromatic heterocycles. The maximum Gasteiger partial charge on any atom is 0.112 e. The predicted molar refractivity (Wildman–Crippen MR) is 15.2 cm³/mol. The van der Waals surface area contributed by atoms with Crippen molar-refractivity contribution in [1.29, 1.82) is 0 Å². The summed E-state index contributed by atoms with van der Waals surface area (Å²) in [5.74, 6) is 0. The van der Waals surface area contributed by atoms with Crippen molar-refractivity contribution < 1.29 is 20.3 Å². The highest BCUT2D eigenvalue weighted by Gasteiger charge is 1.79. The Morgan fingerprint density at radius 1 is 1.50 bits per heavy atom. The van der Waals surface area contributed by atoms with E-state index in [0.717, 1.165) is 0 Å². The Kier molecular flexibility index (Phi) is 4.71. The minimum absolute atomic E-state index is 0.0660. The molecule has 0 aromatic rings. The SMILES string of the molecule is [O]OCCOO. The van der Waals surface area contributed by atoms with Gasteiger partial charge in [0.1, 0.15) is 13.2 Å². The smallest absolute Gasteiger partial charge is 0.112 e. The summed E-state index contributed by atoms with van der Waals surface area (Å²) in [7, 11) is 0. The normalized spacial score (nSPS) is 9.00. The van der Waals surface area contributed by atoms with Crippen molar-refractivity contribution >= 4 is 0 Å². The average molecular weight is 93.1 g/mol. The van der Waals surface area contributed by atoms with E-state index in [4.69, 9.17) is 10.5 Å². The highest BCUT2D eigenvalue weighted by molar-refractivity contribution is 4.12. The minimum Gasteiger partial charge on any atom is -0.252 e. The molecule has 0 atom stereocenters. The second-order valence-electron chi connectivity index (χ2n) is 0.655. The van der Waals surface area contributed by atoms with Gasteiger partial charge in [-0.1, -0.05) is 0 Å². The molecule has 0 saturated heterocycles. The van der Waals surface area contributed by atoms with Crippen LogP contribution in [0.2, 0.25) is 0 Å². The van der Waals surface area contributed by atoms with Gasteiger partial charge in [-0.2, -0.15) is 0 Å². The Labute approximate surface area is 34.8 Å². The number of rotatable bonds is 3. The maximum absolute atomic E-state index is 9.00. The van der Waals surface area contributed by atoms with Crippen LogP contribution in [0.1, 0.15) is 0 Å². The van der Waals surface area contributed by atoms with Crippen molar-refractivity contribution in [3.8, 4) is 0 Å². The Hall–Kier alpha value is -0.160. The standard InChI is InChI=1S/C2H5O4/c3-5-1-2-6-4/h3H,1-2H2. The van der Waals surface area contributed by atoms with E-state index in [-0.39, 0.29) is 13.2 Å². The Balaban J connectivity index is 2.34. The van der Waals surface area contributed by atoms with Gasteiger partial charge < -0.3 is 0 Å². The van der Waals surface area contributed by atoms with Crippen molar-refractivity contribution in [2.75, 3.05) is 13.2 Å². The summed E-state index contributed by atoms with van der Waals surface area (Å²) < 4.78 is 0. The Morgan fingerprint density at radius 2 is 2.17 bits per heavy atom. The first-order chi connectivity index (χ1) is 2.91. The monoisotopic (exact) mass is 93.0 g/mol. The third kappa shape index (κ3) is 3.84. The van der Waals surface area contributed by atoms with E-state index in [1.807, 2.05) is 0 Å². The lowest BCUT2D eigenvalue weighted by molar-refractivity contribution is -0.331. The van der Waals surface area contributed by atoms with Gasteiger partial charge >= 0.3 is 0 Å². The van der Waals surface area contributed by atoms with E-state index < -0.39 is 0 Å². The molecule has 4 nitrogen and oxygen atoms in total. The second-order valence-corrected chi connectivity index (χ2v) is 0.655. The van der Waals surface area contributed by atoms with Crippen LogP contribution in [0.25, 0.3) is 0 Å². The highest BCUT2D eigenvalue weighted by atomic mass is 17.1. The van der Waals surface area contributed by atoms with E-state index in [1.165, 1.54) is 0 Å². The fraction of sp³-hybridized carbons (Fsp3) is 1.00. The maximum atomic E-state index is 9.00. The van der Waals surface area contributed by atoms with Gasteiger partial charge in [0.05, 0.1) is 0 Å². The average Bonchev–Trinajstić information content (AvgIpc) is 1.61. The van der Waals surface area contributed by atoms with Gasteiger partial charge in [-0.05, 0) is 5.26 Å². The molecule has 0 unspecified atom stereocenters. The first-order valence-electron chi connectivity index (χ1n) is 1.43.